The normalized spacial score (nSPS) is 17.4. The molecule has 16 heavy (non-hydrogen) atoms. The van der Waals surface area contributed by atoms with Gasteiger partial charge in [0, 0.05) is 19.6 Å². The summed E-state index contributed by atoms with van der Waals surface area (Å²) in [5, 5.41) is 8.01. The van der Waals surface area contributed by atoms with Gasteiger partial charge in [0.05, 0.1) is 11.7 Å². The van der Waals surface area contributed by atoms with E-state index in [1.165, 1.54) is 0 Å². The molecule has 1 saturated carbocycles. The molecule has 0 aromatic carbocycles. The zero-order valence-electron chi connectivity index (χ0n) is 9.72. The molecule has 0 bridgehead atoms. The summed E-state index contributed by atoms with van der Waals surface area (Å²) in [6.07, 6.45) is 3.98. The lowest BCUT2D eigenvalue weighted by molar-refractivity contribution is 0.111. The molecular formula is C11H17N3O2. The minimum Gasteiger partial charge on any atom is -0.385 e. The van der Waals surface area contributed by atoms with E-state index in [1.807, 2.05) is 4.68 Å². The summed E-state index contributed by atoms with van der Waals surface area (Å²) in [6.45, 7) is 2.77. The van der Waals surface area contributed by atoms with Crippen molar-refractivity contribution in [2.75, 3.05) is 13.7 Å². The average Bonchev–Trinajstić information content (AvgIpc) is 3.05. The molecule has 1 unspecified atom stereocenters. The van der Waals surface area contributed by atoms with E-state index in [9.17, 15) is 4.79 Å². The Morgan fingerprint density at radius 3 is 2.94 bits per heavy atom. The number of aromatic nitrogens is 3. The number of rotatable bonds is 6. The van der Waals surface area contributed by atoms with Gasteiger partial charge in [-0.3, -0.25) is 4.79 Å². The molecule has 1 atom stereocenters. The molecule has 1 aromatic rings. The molecule has 0 amide bonds. The third-order valence-electron chi connectivity index (χ3n) is 2.99. The number of carbonyl (C=O) groups is 1. The SMILES string of the molecule is COCCC(C)n1nnc(C=O)c1C1CC1. The Morgan fingerprint density at radius 2 is 2.38 bits per heavy atom. The smallest absolute Gasteiger partial charge is 0.172 e. The quantitative estimate of drug-likeness (QED) is 0.687. The first-order valence-corrected chi connectivity index (χ1v) is 5.67. The van der Waals surface area contributed by atoms with Crippen molar-refractivity contribution < 1.29 is 9.53 Å². The summed E-state index contributed by atoms with van der Waals surface area (Å²) in [7, 11) is 1.69. The van der Waals surface area contributed by atoms with Crippen LogP contribution in [-0.4, -0.2) is 35.0 Å². The Morgan fingerprint density at radius 1 is 1.62 bits per heavy atom. The summed E-state index contributed by atoms with van der Waals surface area (Å²) in [6, 6.07) is 0.233. The average molecular weight is 223 g/mol. The van der Waals surface area contributed by atoms with Crippen molar-refractivity contribution in [3.8, 4) is 0 Å². The Balaban J connectivity index is 2.19. The summed E-state index contributed by atoms with van der Waals surface area (Å²) < 4.78 is 6.94. The fourth-order valence-corrected chi connectivity index (χ4v) is 1.89. The highest BCUT2D eigenvalue weighted by Crippen LogP contribution is 2.41. The highest BCUT2D eigenvalue weighted by atomic mass is 16.5. The molecule has 0 aliphatic heterocycles. The van der Waals surface area contributed by atoms with Crippen LogP contribution >= 0.6 is 0 Å². The Bertz CT molecular complexity index is 371. The molecule has 0 saturated heterocycles. The van der Waals surface area contributed by atoms with Crippen LogP contribution in [0.4, 0.5) is 0 Å². The molecular weight excluding hydrogens is 206 g/mol. The highest BCUT2D eigenvalue weighted by molar-refractivity contribution is 5.73. The number of aldehydes is 1. The van der Waals surface area contributed by atoms with Crippen LogP contribution in [-0.2, 0) is 4.74 Å². The van der Waals surface area contributed by atoms with E-state index >= 15 is 0 Å². The van der Waals surface area contributed by atoms with Gasteiger partial charge in [-0.15, -0.1) is 5.10 Å². The molecule has 1 heterocycles. The predicted octanol–water partition coefficient (Wildman–Crippen LogP) is 1.57. The number of carbonyl (C=O) groups excluding carboxylic acids is 1. The lowest BCUT2D eigenvalue weighted by Crippen LogP contribution is -2.12. The lowest BCUT2D eigenvalue weighted by atomic mass is 10.2. The Kier molecular flexibility index (Phi) is 3.33. The predicted molar refractivity (Wildman–Crippen MR) is 58.6 cm³/mol. The van der Waals surface area contributed by atoms with Crippen molar-refractivity contribution >= 4 is 6.29 Å². The van der Waals surface area contributed by atoms with Crippen LogP contribution in [0.25, 0.3) is 0 Å². The first kappa shape index (κ1) is 11.3. The molecule has 88 valence electrons. The van der Waals surface area contributed by atoms with Gasteiger partial charge in [0.1, 0.15) is 5.69 Å². The van der Waals surface area contributed by atoms with E-state index in [2.05, 4.69) is 17.2 Å². The fraction of sp³-hybridized carbons (Fsp3) is 0.727. The van der Waals surface area contributed by atoms with Crippen molar-refractivity contribution in [3.05, 3.63) is 11.4 Å². The molecule has 1 aliphatic carbocycles. The Labute approximate surface area is 94.8 Å². The second-order valence-electron chi connectivity index (χ2n) is 4.33. The fourth-order valence-electron chi connectivity index (χ4n) is 1.89. The molecule has 0 spiro atoms. The number of hydrogen-bond acceptors (Lipinski definition) is 4. The minimum absolute atomic E-state index is 0.233. The second kappa shape index (κ2) is 4.74. The van der Waals surface area contributed by atoms with Gasteiger partial charge in [-0.25, -0.2) is 4.68 Å². The van der Waals surface area contributed by atoms with Crippen molar-refractivity contribution in [1.82, 2.24) is 15.0 Å². The van der Waals surface area contributed by atoms with Gasteiger partial charge in [-0.1, -0.05) is 5.21 Å². The van der Waals surface area contributed by atoms with Gasteiger partial charge in [0.15, 0.2) is 6.29 Å². The van der Waals surface area contributed by atoms with Gasteiger partial charge in [0.2, 0.25) is 0 Å². The van der Waals surface area contributed by atoms with E-state index in [4.69, 9.17) is 4.74 Å². The van der Waals surface area contributed by atoms with E-state index in [1.54, 1.807) is 7.11 Å². The zero-order valence-corrected chi connectivity index (χ0v) is 9.72. The van der Waals surface area contributed by atoms with Crippen LogP contribution in [0.3, 0.4) is 0 Å². The summed E-state index contributed by atoms with van der Waals surface area (Å²) in [5.41, 5.74) is 1.52. The highest BCUT2D eigenvalue weighted by Gasteiger charge is 2.32. The van der Waals surface area contributed by atoms with E-state index in [-0.39, 0.29) is 6.04 Å². The van der Waals surface area contributed by atoms with Crippen LogP contribution < -0.4 is 0 Å². The molecule has 5 nitrogen and oxygen atoms in total. The van der Waals surface area contributed by atoms with Gasteiger partial charge in [0.25, 0.3) is 0 Å². The van der Waals surface area contributed by atoms with Crippen LogP contribution in [0.5, 0.6) is 0 Å². The van der Waals surface area contributed by atoms with E-state index in [0.717, 1.165) is 31.2 Å². The van der Waals surface area contributed by atoms with Gasteiger partial charge in [-0.05, 0) is 26.2 Å². The molecule has 1 aliphatic rings. The first-order valence-electron chi connectivity index (χ1n) is 5.67. The number of nitrogens with zero attached hydrogens (tertiary/aromatic N) is 3. The zero-order chi connectivity index (χ0) is 11.5. The Hall–Kier alpha value is -1.23. The maximum Gasteiger partial charge on any atom is 0.172 e. The maximum atomic E-state index is 10.9. The van der Waals surface area contributed by atoms with Crippen molar-refractivity contribution in [2.45, 2.75) is 38.1 Å². The van der Waals surface area contributed by atoms with Gasteiger partial charge >= 0.3 is 0 Å². The van der Waals surface area contributed by atoms with Crippen LogP contribution in [0, 0.1) is 0 Å². The number of ether oxygens (including phenoxy) is 1. The molecule has 0 radical (unpaired) electrons. The van der Waals surface area contributed by atoms with Gasteiger partial charge < -0.3 is 4.74 Å². The summed E-state index contributed by atoms with van der Waals surface area (Å²) >= 11 is 0. The molecule has 0 N–H and O–H groups in total. The molecule has 1 fully saturated rings. The van der Waals surface area contributed by atoms with Crippen molar-refractivity contribution in [2.24, 2.45) is 0 Å². The largest absolute Gasteiger partial charge is 0.385 e. The van der Waals surface area contributed by atoms with Crippen LogP contribution in [0.2, 0.25) is 0 Å². The summed E-state index contributed by atoms with van der Waals surface area (Å²) in [4.78, 5) is 10.9. The lowest BCUT2D eigenvalue weighted by Gasteiger charge is -2.13. The maximum absolute atomic E-state index is 10.9. The first-order chi connectivity index (χ1) is 7.77. The standard InChI is InChI=1S/C11H17N3O2/c1-8(5-6-16-2)14-11(9-3-4-9)10(7-15)12-13-14/h7-9H,3-6H2,1-2H3. The van der Waals surface area contributed by atoms with Crippen molar-refractivity contribution in [3.63, 3.8) is 0 Å². The summed E-state index contributed by atoms with van der Waals surface area (Å²) in [5.74, 6) is 0.486. The monoisotopic (exact) mass is 223 g/mol. The molecule has 5 heteroatoms. The molecule has 1 aromatic heterocycles. The minimum atomic E-state index is 0.233. The van der Waals surface area contributed by atoms with E-state index < -0.39 is 0 Å². The van der Waals surface area contributed by atoms with Crippen molar-refractivity contribution in [1.29, 1.82) is 0 Å². The topological polar surface area (TPSA) is 57.0 Å². The third kappa shape index (κ3) is 2.14. The number of hydrogen-bond donors (Lipinski definition) is 0. The number of methoxy groups -OCH3 is 1. The van der Waals surface area contributed by atoms with E-state index in [0.29, 0.717) is 18.2 Å². The van der Waals surface area contributed by atoms with Crippen LogP contribution in [0.1, 0.15) is 54.3 Å². The van der Waals surface area contributed by atoms with Crippen LogP contribution in [0.15, 0.2) is 0 Å². The second-order valence-corrected chi connectivity index (χ2v) is 4.33. The van der Waals surface area contributed by atoms with Gasteiger partial charge in [-0.2, -0.15) is 0 Å². The third-order valence-corrected chi connectivity index (χ3v) is 2.99. The molecule has 2 rings (SSSR count).